The number of carbonyl (C=O) groups is 1. The van der Waals surface area contributed by atoms with Crippen LogP contribution in [0, 0.1) is 6.92 Å². The second-order valence-electron chi connectivity index (χ2n) is 4.91. The SMILES string of the molecule is Cc1cc2c(cc1S(=O)(=O)c1ccccc1Cl)OC(OC(=O)O)O2. The summed E-state index contributed by atoms with van der Waals surface area (Å²) in [5.74, 6) is 0.259. The van der Waals surface area contributed by atoms with Crippen molar-refractivity contribution in [2.24, 2.45) is 0 Å². The molecule has 2 aromatic carbocycles. The van der Waals surface area contributed by atoms with Crippen molar-refractivity contribution in [2.45, 2.75) is 23.2 Å². The number of carboxylic acid groups (broad SMARTS) is 1. The molecule has 0 amide bonds. The van der Waals surface area contributed by atoms with Gasteiger partial charge in [-0.05, 0) is 30.7 Å². The van der Waals surface area contributed by atoms with E-state index >= 15 is 0 Å². The predicted molar refractivity (Wildman–Crippen MR) is 82.2 cm³/mol. The lowest BCUT2D eigenvalue weighted by molar-refractivity contribution is -0.147. The van der Waals surface area contributed by atoms with Crippen LogP contribution in [0.25, 0.3) is 0 Å². The van der Waals surface area contributed by atoms with Gasteiger partial charge in [-0.25, -0.2) is 13.2 Å². The highest BCUT2D eigenvalue weighted by Crippen LogP contribution is 2.40. The molecule has 0 aromatic heterocycles. The van der Waals surface area contributed by atoms with E-state index in [0.29, 0.717) is 5.56 Å². The molecule has 2 aromatic rings. The standard InChI is InChI=1S/C15H11ClO7S/c1-8-6-10-11(22-15(21-10)23-14(17)18)7-13(8)24(19,20)12-5-3-2-4-9(12)16/h2-7,15H,1H3,(H,17,18). The molecule has 0 bridgehead atoms. The monoisotopic (exact) mass is 370 g/mol. The van der Waals surface area contributed by atoms with Crippen molar-refractivity contribution in [1.82, 2.24) is 0 Å². The number of benzene rings is 2. The van der Waals surface area contributed by atoms with Crippen LogP contribution < -0.4 is 9.47 Å². The molecule has 1 atom stereocenters. The molecule has 1 aliphatic rings. The highest BCUT2D eigenvalue weighted by atomic mass is 35.5. The van der Waals surface area contributed by atoms with Crippen LogP contribution in [0.2, 0.25) is 5.02 Å². The summed E-state index contributed by atoms with van der Waals surface area (Å²) in [5, 5.41) is 8.68. The number of hydrogen-bond donors (Lipinski definition) is 1. The van der Waals surface area contributed by atoms with Crippen molar-refractivity contribution >= 4 is 27.6 Å². The van der Waals surface area contributed by atoms with E-state index in [1.165, 1.54) is 24.3 Å². The van der Waals surface area contributed by atoms with Gasteiger partial charge in [-0.15, -0.1) is 0 Å². The zero-order chi connectivity index (χ0) is 17.5. The van der Waals surface area contributed by atoms with Crippen molar-refractivity contribution in [3.05, 3.63) is 47.0 Å². The lowest BCUT2D eigenvalue weighted by Gasteiger charge is -2.10. The van der Waals surface area contributed by atoms with E-state index in [1.807, 2.05) is 0 Å². The Labute approximate surface area is 142 Å². The summed E-state index contributed by atoms with van der Waals surface area (Å²) < 4.78 is 40.3. The molecule has 7 nitrogen and oxygen atoms in total. The van der Waals surface area contributed by atoms with Crippen LogP contribution in [0.1, 0.15) is 5.56 Å². The minimum absolute atomic E-state index is 0.0195. The predicted octanol–water partition coefficient (Wildman–Crippen LogP) is 3.23. The summed E-state index contributed by atoms with van der Waals surface area (Å²) in [5.41, 5.74) is 0.397. The summed E-state index contributed by atoms with van der Waals surface area (Å²) in [7, 11) is -3.89. The fraction of sp³-hybridized carbons (Fsp3) is 0.133. The first-order valence-electron chi connectivity index (χ1n) is 6.66. The second-order valence-corrected chi connectivity index (χ2v) is 7.20. The number of ether oxygens (including phenoxy) is 3. The van der Waals surface area contributed by atoms with E-state index in [9.17, 15) is 13.2 Å². The molecule has 0 saturated carbocycles. The van der Waals surface area contributed by atoms with Gasteiger partial charge in [-0.2, -0.15) is 0 Å². The number of rotatable bonds is 3. The summed E-state index contributed by atoms with van der Waals surface area (Å²) in [4.78, 5) is 10.5. The van der Waals surface area contributed by atoms with Crippen LogP contribution in [0.4, 0.5) is 4.79 Å². The molecular weight excluding hydrogens is 360 g/mol. The molecule has 0 spiro atoms. The van der Waals surface area contributed by atoms with Gasteiger partial charge in [0.05, 0.1) is 14.8 Å². The van der Waals surface area contributed by atoms with E-state index in [0.717, 1.165) is 0 Å². The Morgan fingerprint density at radius 1 is 1.17 bits per heavy atom. The summed E-state index contributed by atoms with van der Waals surface area (Å²) in [6.45, 7) is 0.105. The first kappa shape index (κ1) is 16.4. The fourth-order valence-electron chi connectivity index (χ4n) is 2.26. The molecular formula is C15H11ClO7S. The van der Waals surface area contributed by atoms with Crippen LogP contribution in [-0.2, 0) is 14.6 Å². The first-order valence-corrected chi connectivity index (χ1v) is 8.52. The van der Waals surface area contributed by atoms with Crippen molar-refractivity contribution < 1.29 is 32.5 Å². The number of fused-ring (bicyclic) bond motifs is 1. The smallest absolute Gasteiger partial charge is 0.450 e. The van der Waals surface area contributed by atoms with Gasteiger partial charge in [0.2, 0.25) is 9.84 Å². The van der Waals surface area contributed by atoms with E-state index in [-0.39, 0.29) is 26.3 Å². The molecule has 0 aliphatic carbocycles. The Morgan fingerprint density at radius 3 is 2.42 bits per heavy atom. The Morgan fingerprint density at radius 2 is 1.79 bits per heavy atom. The molecule has 1 N–H and O–H groups in total. The van der Waals surface area contributed by atoms with Gasteiger partial charge in [0, 0.05) is 6.07 Å². The zero-order valence-corrected chi connectivity index (χ0v) is 13.8. The molecule has 1 aliphatic heterocycles. The van der Waals surface area contributed by atoms with Gasteiger partial charge in [0.1, 0.15) is 0 Å². The quantitative estimate of drug-likeness (QED) is 0.828. The number of hydrogen-bond acceptors (Lipinski definition) is 6. The maximum Gasteiger partial charge on any atom is 0.511 e. The van der Waals surface area contributed by atoms with Gasteiger partial charge in [-0.3, -0.25) is 0 Å². The second kappa shape index (κ2) is 5.88. The molecule has 0 fully saturated rings. The third kappa shape index (κ3) is 2.85. The fourth-order valence-corrected chi connectivity index (χ4v) is 4.26. The molecule has 24 heavy (non-hydrogen) atoms. The van der Waals surface area contributed by atoms with Gasteiger partial charge in [-0.1, -0.05) is 23.7 Å². The van der Waals surface area contributed by atoms with Gasteiger partial charge >= 0.3 is 12.6 Å². The van der Waals surface area contributed by atoms with Gasteiger partial charge < -0.3 is 19.3 Å². The third-order valence-corrected chi connectivity index (χ3v) is 5.70. The third-order valence-electron chi connectivity index (χ3n) is 3.30. The molecule has 1 heterocycles. The van der Waals surface area contributed by atoms with Crippen LogP contribution in [0.5, 0.6) is 11.5 Å². The Kier molecular flexibility index (Phi) is 4.02. The maximum absolute atomic E-state index is 12.8. The number of halogens is 1. The topological polar surface area (TPSA) is 99.1 Å². The highest BCUT2D eigenvalue weighted by molar-refractivity contribution is 7.91. The first-order chi connectivity index (χ1) is 11.3. The lowest BCUT2D eigenvalue weighted by atomic mass is 10.2. The molecule has 3 rings (SSSR count). The summed E-state index contributed by atoms with van der Waals surface area (Å²) >= 11 is 5.99. The van der Waals surface area contributed by atoms with E-state index < -0.39 is 22.5 Å². The van der Waals surface area contributed by atoms with Crippen LogP contribution in [0.15, 0.2) is 46.2 Å². The number of aryl methyl sites for hydroxylation is 1. The van der Waals surface area contributed by atoms with Crippen molar-refractivity contribution in [2.75, 3.05) is 0 Å². The molecule has 0 radical (unpaired) electrons. The lowest BCUT2D eigenvalue weighted by Crippen LogP contribution is -2.24. The van der Waals surface area contributed by atoms with Crippen molar-refractivity contribution in [3.8, 4) is 11.5 Å². The Hall–Kier alpha value is -2.45. The van der Waals surface area contributed by atoms with Crippen LogP contribution in [-0.4, -0.2) is 26.2 Å². The normalized spacial score (nSPS) is 16.0. The van der Waals surface area contributed by atoms with Gasteiger partial charge in [0.15, 0.2) is 11.5 Å². The van der Waals surface area contributed by atoms with Gasteiger partial charge in [0.25, 0.3) is 0 Å². The van der Waals surface area contributed by atoms with E-state index in [4.69, 9.17) is 26.2 Å². The average Bonchev–Trinajstić information content (AvgIpc) is 2.86. The summed E-state index contributed by atoms with van der Waals surface area (Å²) in [6.07, 6.45) is -1.58. The van der Waals surface area contributed by atoms with E-state index in [1.54, 1.807) is 19.1 Å². The number of sulfone groups is 1. The molecule has 9 heteroatoms. The zero-order valence-electron chi connectivity index (χ0n) is 12.2. The van der Waals surface area contributed by atoms with Crippen LogP contribution >= 0.6 is 11.6 Å². The average molecular weight is 371 g/mol. The minimum atomic E-state index is -3.89. The Bertz CT molecular complexity index is 923. The maximum atomic E-state index is 12.8. The van der Waals surface area contributed by atoms with Crippen LogP contribution in [0.3, 0.4) is 0 Å². The molecule has 126 valence electrons. The summed E-state index contributed by atoms with van der Waals surface area (Å²) in [6, 6.07) is 8.77. The molecule has 1 unspecified atom stereocenters. The molecule has 0 saturated heterocycles. The Balaban J connectivity index is 2.03. The van der Waals surface area contributed by atoms with Crippen molar-refractivity contribution in [3.63, 3.8) is 0 Å². The largest absolute Gasteiger partial charge is 0.511 e. The minimum Gasteiger partial charge on any atom is -0.450 e. The van der Waals surface area contributed by atoms with Crippen molar-refractivity contribution in [1.29, 1.82) is 0 Å². The van der Waals surface area contributed by atoms with E-state index in [2.05, 4.69) is 4.74 Å². The highest BCUT2D eigenvalue weighted by Gasteiger charge is 2.31.